The van der Waals surface area contributed by atoms with Crippen molar-refractivity contribution in [2.75, 3.05) is 13.7 Å². The van der Waals surface area contributed by atoms with E-state index in [1.807, 2.05) is 36.4 Å². The smallest absolute Gasteiger partial charge is 0.331 e. The Balaban J connectivity index is 1.99. The number of nitriles is 1. The Morgan fingerprint density at radius 3 is 2.58 bits per heavy atom. The summed E-state index contributed by atoms with van der Waals surface area (Å²) in [6, 6.07) is 13.1. The Morgan fingerprint density at radius 1 is 1.23 bits per heavy atom. The Morgan fingerprint density at radius 2 is 1.92 bits per heavy atom. The van der Waals surface area contributed by atoms with Crippen molar-refractivity contribution >= 4 is 34.3 Å². The molecule has 0 bridgehead atoms. The van der Waals surface area contributed by atoms with Crippen LogP contribution in [0.3, 0.4) is 0 Å². The lowest BCUT2D eigenvalue weighted by Gasteiger charge is -2.06. The number of hydrogen-bond donors (Lipinski definition) is 1. The standard InChI is InChI=1S/C20H18N2O4/c1-13(22)18(11-21)19(23)12-26-20(24)8-4-14-3-5-16-10-17(25-2)7-6-15(16)9-14/h3-10,18,22H,12H2,1-2H3/b8-4+,22-13?. The number of nitrogens with one attached hydrogen (secondary N) is 1. The fourth-order valence-electron chi connectivity index (χ4n) is 2.32. The molecule has 0 saturated heterocycles. The number of ether oxygens (including phenoxy) is 2. The van der Waals surface area contributed by atoms with E-state index in [9.17, 15) is 9.59 Å². The molecule has 0 heterocycles. The molecule has 1 atom stereocenters. The highest BCUT2D eigenvalue weighted by molar-refractivity contribution is 6.06. The Bertz CT molecular complexity index is 925. The van der Waals surface area contributed by atoms with E-state index in [2.05, 4.69) is 0 Å². The minimum Gasteiger partial charge on any atom is -0.497 e. The van der Waals surface area contributed by atoms with Crippen molar-refractivity contribution in [3.8, 4) is 11.8 Å². The highest BCUT2D eigenvalue weighted by Crippen LogP contribution is 2.22. The SMILES string of the molecule is COc1ccc2cc(/C=C/C(=O)OCC(=O)C(C#N)C(C)=N)ccc2c1. The van der Waals surface area contributed by atoms with Gasteiger partial charge in [0.1, 0.15) is 11.7 Å². The van der Waals surface area contributed by atoms with Gasteiger partial charge in [-0.05, 0) is 47.5 Å². The quantitative estimate of drug-likeness (QED) is 0.470. The Labute approximate surface area is 151 Å². The van der Waals surface area contributed by atoms with Crippen LogP contribution in [-0.2, 0) is 14.3 Å². The van der Waals surface area contributed by atoms with E-state index in [-0.39, 0.29) is 5.71 Å². The number of methoxy groups -OCH3 is 1. The first kappa shape index (κ1) is 18.9. The van der Waals surface area contributed by atoms with Crippen molar-refractivity contribution in [1.82, 2.24) is 0 Å². The van der Waals surface area contributed by atoms with E-state index < -0.39 is 24.3 Å². The second kappa shape index (κ2) is 8.58. The number of nitrogens with zero attached hydrogens (tertiary/aromatic N) is 1. The lowest BCUT2D eigenvalue weighted by Crippen LogP contribution is -2.25. The summed E-state index contributed by atoms with van der Waals surface area (Å²) in [6.45, 7) is 0.831. The van der Waals surface area contributed by atoms with Crippen LogP contribution < -0.4 is 4.74 Å². The van der Waals surface area contributed by atoms with Crippen LogP contribution in [0.25, 0.3) is 16.8 Å². The highest BCUT2D eigenvalue weighted by Gasteiger charge is 2.20. The normalized spacial score (nSPS) is 11.7. The van der Waals surface area contributed by atoms with Crippen LogP contribution in [0.5, 0.6) is 5.75 Å². The molecule has 0 spiro atoms. The van der Waals surface area contributed by atoms with Gasteiger partial charge in [0.2, 0.25) is 0 Å². The first-order valence-corrected chi connectivity index (χ1v) is 7.84. The van der Waals surface area contributed by atoms with Crippen LogP contribution in [0.4, 0.5) is 0 Å². The third-order valence-corrected chi connectivity index (χ3v) is 3.72. The number of rotatable bonds is 7. The lowest BCUT2D eigenvalue weighted by molar-refractivity contribution is -0.143. The molecule has 2 aromatic carbocycles. The van der Waals surface area contributed by atoms with Crippen LogP contribution in [0.1, 0.15) is 12.5 Å². The van der Waals surface area contributed by atoms with Gasteiger partial charge in [0.05, 0.1) is 13.2 Å². The summed E-state index contributed by atoms with van der Waals surface area (Å²) in [5, 5.41) is 18.2. The average Bonchev–Trinajstić information content (AvgIpc) is 2.64. The van der Waals surface area contributed by atoms with E-state index in [0.717, 1.165) is 22.1 Å². The Hall–Kier alpha value is -3.46. The van der Waals surface area contributed by atoms with Gasteiger partial charge in [-0.15, -0.1) is 0 Å². The zero-order chi connectivity index (χ0) is 19.1. The number of esters is 1. The fraction of sp³-hybridized carbons (Fsp3) is 0.200. The number of Topliss-reactive ketones (excluding diaryl/α,β-unsaturated/α-hetero) is 1. The molecule has 6 nitrogen and oxygen atoms in total. The van der Waals surface area contributed by atoms with Crippen molar-refractivity contribution in [3.05, 3.63) is 48.0 Å². The molecule has 0 aliphatic rings. The van der Waals surface area contributed by atoms with Crippen LogP contribution >= 0.6 is 0 Å². The van der Waals surface area contributed by atoms with Crippen LogP contribution in [0.15, 0.2) is 42.5 Å². The molecule has 2 rings (SSSR count). The average molecular weight is 350 g/mol. The molecule has 132 valence electrons. The van der Waals surface area contributed by atoms with Crippen molar-refractivity contribution in [1.29, 1.82) is 10.7 Å². The molecule has 1 unspecified atom stereocenters. The maximum atomic E-state index is 11.7. The van der Waals surface area contributed by atoms with E-state index in [0.29, 0.717) is 0 Å². The molecule has 0 amide bonds. The molecule has 1 N–H and O–H groups in total. The Kier molecular flexibility index (Phi) is 6.23. The predicted octanol–water partition coefficient (Wildman–Crippen LogP) is 3.15. The zero-order valence-electron chi connectivity index (χ0n) is 14.5. The van der Waals surface area contributed by atoms with Crippen molar-refractivity contribution in [2.24, 2.45) is 5.92 Å². The number of fused-ring (bicyclic) bond motifs is 1. The molecule has 26 heavy (non-hydrogen) atoms. The summed E-state index contributed by atoms with van der Waals surface area (Å²) < 4.78 is 10.0. The van der Waals surface area contributed by atoms with E-state index in [1.54, 1.807) is 19.3 Å². The number of carbonyl (C=O) groups is 2. The van der Waals surface area contributed by atoms with Crippen molar-refractivity contribution < 1.29 is 19.1 Å². The van der Waals surface area contributed by atoms with Crippen molar-refractivity contribution in [3.63, 3.8) is 0 Å². The highest BCUT2D eigenvalue weighted by atomic mass is 16.5. The van der Waals surface area contributed by atoms with Crippen molar-refractivity contribution in [2.45, 2.75) is 6.92 Å². The largest absolute Gasteiger partial charge is 0.497 e. The minimum atomic E-state index is -1.18. The molecule has 0 saturated carbocycles. The first-order valence-electron chi connectivity index (χ1n) is 7.84. The molecule has 0 fully saturated rings. The first-order chi connectivity index (χ1) is 12.4. The number of hydrogen-bond acceptors (Lipinski definition) is 6. The second-order valence-electron chi connectivity index (χ2n) is 5.63. The minimum absolute atomic E-state index is 0.0723. The summed E-state index contributed by atoms with van der Waals surface area (Å²) >= 11 is 0. The van der Waals surface area contributed by atoms with Gasteiger partial charge in [-0.1, -0.05) is 18.2 Å². The molecule has 0 aliphatic carbocycles. The summed E-state index contributed by atoms with van der Waals surface area (Å²) in [4.78, 5) is 23.5. The summed E-state index contributed by atoms with van der Waals surface area (Å²) in [5.74, 6) is -1.71. The fourth-order valence-corrected chi connectivity index (χ4v) is 2.32. The van der Waals surface area contributed by atoms with E-state index >= 15 is 0 Å². The molecular formula is C20H18N2O4. The maximum Gasteiger partial charge on any atom is 0.331 e. The second-order valence-corrected chi connectivity index (χ2v) is 5.63. The zero-order valence-corrected chi connectivity index (χ0v) is 14.5. The summed E-state index contributed by atoms with van der Waals surface area (Å²) in [6.07, 6.45) is 2.80. The third kappa shape index (κ3) is 4.77. The molecular weight excluding hydrogens is 332 g/mol. The monoisotopic (exact) mass is 350 g/mol. The van der Waals surface area contributed by atoms with Gasteiger partial charge in [-0.3, -0.25) is 4.79 Å². The number of ketones is 1. The predicted molar refractivity (Wildman–Crippen MR) is 98.0 cm³/mol. The number of carbonyl (C=O) groups excluding carboxylic acids is 2. The van der Waals surface area contributed by atoms with Gasteiger partial charge in [0, 0.05) is 11.8 Å². The molecule has 0 aromatic heterocycles. The molecule has 6 heteroatoms. The van der Waals surface area contributed by atoms with E-state index in [1.165, 1.54) is 13.0 Å². The number of benzene rings is 2. The van der Waals surface area contributed by atoms with Gasteiger partial charge < -0.3 is 14.9 Å². The summed E-state index contributed by atoms with van der Waals surface area (Å²) in [7, 11) is 1.61. The van der Waals surface area contributed by atoms with Gasteiger partial charge in [0.25, 0.3) is 0 Å². The van der Waals surface area contributed by atoms with Gasteiger partial charge >= 0.3 is 5.97 Å². The lowest BCUT2D eigenvalue weighted by atomic mass is 10.0. The topological polar surface area (TPSA) is 100 Å². The third-order valence-electron chi connectivity index (χ3n) is 3.72. The van der Waals surface area contributed by atoms with Crippen LogP contribution in [-0.4, -0.2) is 31.2 Å². The maximum absolute atomic E-state index is 11.7. The van der Waals surface area contributed by atoms with Crippen LogP contribution in [0.2, 0.25) is 0 Å². The van der Waals surface area contributed by atoms with E-state index in [4.69, 9.17) is 20.1 Å². The van der Waals surface area contributed by atoms with Gasteiger partial charge in [-0.25, -0.2) is 4.79 Å². The van der Waals surface area contributed by atoms with Gasteiger partial charge in [0.15, 0.2) is 12.4 Å². The van der Waals surface area contributed by atoms with Gasteiger partial charge in [-0.2, -0.15) is 5.26 Å². The molecule has 0 radical (unpaired) electrons. The summed E-state index contributed by atoms with van der Waals surface area (Å²) in [5.41, 5.74) is 0.730. The molecule has 2 aromatic rings. The van der Waals surface area contributed by atoms with Crippen LogP contribution in [0, 0.1) is 22.7 Å². The molecule has 0 aliphatic heterocycles.